The minimum absolute atomic E-state index is 0.105. The number of aromatic nitrogens is 1. The van der Waals surface area contributed by atoms with Crippen LogP contribution < -0.4 is 0 Å². The van der Waals surface area contributed by atoms with Crippen LogP contribution in [0.2, 0.25) is 0 Å². The summed E-state index contributed by atoms with van der Waals surface area (Å²) in [4.78, 5) is 0. The zero-order valence-corrected chi connectivity index (χ0v) is 18.6. The predicted molar refractivity (Wildman–Crippen MR) is 109 cm³/mol. The molecule has 2 rings (SSSR count). The smallest absolute Gasteiger partial charge is 0.285 e. The van der Waals surface area contributed by atoms with Gasteiger partial charge in [0.25, 0.3) is 6.43 Å². The van der Waals surface area contributed by atoms with Gasteiger partial charge in [0.15, 0.2) is 5.71 Å². The summed E-state index contributed by atoms with van der Waals surface area (Å²) in [6.07, 6.45) is -1.39. The van der Waals surface area contributed by atoms with Crippen LogP contribution in [0.15, 0.2) is 27.2 Å². The summed E-state index contributed by atoms with van der Waals surface area (Å²) in [6, 6.07) is 2.79. The van der Waals surface area contributed by atoms with E-state index in [1.54, 1.807) is 33.0 Å². The van der Waals surface area contributed by atoms with E-state index in [-0.39, 0.29) is 15.5 Å². The van der Waals surface area contributed by atoms with Crippen molar-refractivity contribution in [2.45, 2.75) is 59.3 Å². The quantitative estimate of drug-likeness (QED) is 0.397. The zero-order valence-electron chi connectivity index (χ0n) is 16.2. The van der Waals surface area contributed by atoms with E-state index in [0.717, 1.165) is 0 Å². The molecule has 8 heteroatoms. The van der Waals surface area contributed by atoms with Crippen LogP contribution >= 0.6 is 15.9 Å². The van der Waals surface area contributed by atoms with E-state index in [9.17, 15) is 17.7 Å². The van der Waals surface area contributed by atoms with Gasteiger partial charge in [-0.2, -0.15) is 0 Å². The molecule has 1 aromatic carbocycles. The fourth-order valence-corrected chi connectivity index (χ4v) is 3.53. The molecular formula is C19H24BrF3N2OS. The van der Waals surface area contributed by atoms with Crippen LogP contribution in [0.5, 0.6) is 0 Å². The molecule has 0 saturated carbocycles. The highest BCUT2D eigenvalue weighted by atomic mass is 79.9. The highest BCUT2D eigenvalue weighted by Crippen LogP contribution is 2.32. The lowest BCUT2D eigenvalue weighted by atomic mass is 9.97. The van der Waals surface area contributed by atoms with Crippen molar-refractivity contribution in [1.29, 1.82) is 0 Å². The molecule has 3 nitrogen and oxygen atoms in total. The molecule has 0 fully saturated rings. The van der Waals surface area contributed by atoms with Crippen molar-refractivity contribution in [2.24, 2.45) is 9.81 Å². The van der Waals surface area contributed by atoms with Gasteiger partial charge in [0, 0.05) is 23.7 Å². The van der Waals surface area contributed by atoms with E-state index in [2.05, 4.69) is 20.3 Å². The molecule has 0 aliphatic rings. The number of benzene rings is 1. The van der Waals surface area contributed by atoms with Crippen molar-refractivity contribution in [2.75, 3.05) is 0 Å². The van der Waals surface area contributed by atoms with Gasteiger partial charge in [-0.05, 0) is 54.2 Å². The second kappa shape index (κ2) is 7.79. The first-order valence-electron chi connectivity index (χ1n) is 8.48. The van der Waals surface area contributed by atoms with Crippen LogP contribution in [0.25, 0.3) is 10.9 Å². The first-order chi connectivity index (χ1) is 12.2. The van der Waals surface area contributed by atoms with E-state index in [4.69, 9.17) is 0 Å². The number of rotatable bonds is 4. The van der Waals surface area contributed by atoms with Gasteiger partial charge in [0.05, 0.1) is 9.99 Å². The van der Waals surface area contributed by atoms with Crippen molar-refractivity contribution in [1.82, 2.24) is 4.57 Å². The molecule has 27 heavy (non-hydrogen) atoms. The Morgan fingerprint density at radius 3 is 2.30 bits per heavy atom. The maximum Gasteiger partial charge on any atom is 0.285 e. The van der Waals surface area contributed by atoms with Crippen LogP contribution in [0.1, 0.15) is 47.1 Å². The highest BCUT2D eigenvalue weighted by molar-refractivity contribution is 9.10. The molecule has 1 aromatic heterocycles. The molecular weight excluding hydrogens is 441 g/mol. The molecule has 1 unspecified atom stereocenters. The summed E-state index contributed by atoms with van der Waals surface area (Å²) >= 11 is 1.30. The van der Waals surface area contributed by atoms with Crippen molar-refractivity contribution < 1.29 is 17.7 Å². The Kier molecular flexibility index (Phi) is 6.44. The summed E-state index contributed by atoms with van der Waals surface area (Å²) in [6.45, 7) is 11.6. The molecule has 0 aliphatic heterocycles. The van der Waals surface area contributed by atoms with E-state index in [0.29, 0.717) is 17.4 Å². The molecule has 2 aromatic rings. The van der Waals surface area contributed by atoms with Gasteiger partial charge in [-0.15, -0.1) is 0 Å². The van der Waals surface area contributed by atoms with Gasteiger partial charge in [0.2, 0.25) is 0 Å². The van der Waals surface area contributed by atoms with Gasteiger partial charge in [-0.3, -0.25) is 0 Å². The van der Waals surface area contributed by atoms with Crippen LogP contribution in [-0.4, -0.2) is 26.0 Å². The first-order valence-corrected chi connectivity index (χ1v) is 10.4. The molecule has 1 heterocycles. The second-order valence-electron chi connectivity index (χ2n) is 8.65. The Balaban J connectivity index is 2.75. The predicted octanol–water partition coefficient (Wildman–Crippen LogP) is 6.11. The van der Waals surface area contributed by atoms with Gasteiger partial charge < -0.3 is 9.12 Å². The summed E-state index contributed by atoms with van der Waals surface area (Å²) in [5.41, 5.74) is 0.0134. The number of alkyl halides is 2. The molecule has 0 radical (unpaired) electrons. The van der Waals surface area contributed by atoms with Gasteiger partial charge in [-0.1, -0.05) is 25.2 Å². The number of halogens is 4. The first kappa shape index (κ1) is 22.3. The molecule has 150 valence electrons. The topological polar surface area (TPSA) is 40.3 Å². The summed E-state index contributed by atoms with van der Waals surface area (Å²) in [5, 5.41) is 0.324. The van der Waals surface area contributed by atoms with Crippen molar-refractivity contribution in [3.63, 3.8) is 0 Å². The number of hydrogen-bond acceptors (Lipinski definition) is 2. The third kappa shape index (κ3) is 5.29. The van der Waals surface area contributed by atoms with Crippen LogP contribution in [0.4, 0.5) is 13.2 Å². The maximum absolute atomic E-state index is 14.1. The van der Waals surface area contributed by atoms with Gasteiger partial charge in [0.1, 0.15) is 21.9 Å². The largest absolute Gasteiger partial charge is 0.591 e. The van der Waals surface area contributed by atoms with Crippen molar-refractivity contribution in [3.8, 4) is 0 Å². The summed E-state index contributed by atoms with van der Waals surface area (Å²) < 4.78 is 59.2. The van der Waals surface area contributed by atoms with E-state index >= 15 is 0 Å². The summed E-state index contributed by atoms with van der Waals surface area (Å²) in [5.74, 6) is -0.553. The zero-order chi connectivity index (χ0) is 20.7. The second-order valence-corrected chi connectivity index (χ2v) is 11.4. The molecule has 0 saturated heterocycles. The van der Waals surface area contributed by atoms with Crippen LogP contribution in [0, 0.1) is 11.2 Å². The van der Waals surface area contributed by atoms with Gasteiger partial charge >= 0.3 is 0 Å². The Bertz CT molecular complexity index is 866. The fraction of sp³-hybridized carbons (Fsp3) is 0.526. The molecule has 1 atom stereocenters. The normalized spacial score (nSPS) is 15.0. The van der Waals surface area contributed by atoms with Gasteiger partial charge in [-0.25, -0.2) is 13.2 Å². The average molecular weight is 465 g/mol. The molecule has 0 N–H and O–H groups in total. The Morgan fingerprint density at radius 1 is 1.22 bits per heavy atom. The third-order valence-electron chi connectivity index (χ3n) is 3.76. The Morgan fingerprint density at radius 2 is 1.81 bits per heavy atom. The molecule has 0 spiro atoms. The maximum atomic E-state index is 14.1. The highest BCUT2D eigenvalue weighted by Gasteiger charge is 2.31. The van der Waals surface area contributed by atoms with E-state index in [1.165, 1.54) is 6.07 Å². The van der Waals surface area contributed by atoms with Crippen molar-refractivity contribution in [3.05, 3.63) is 34.2 Å². The SMILES string of the molecule is CC(C)(C)Cn1cc(C(=N[S+]([O-])C(C)(C)C)C(F)F)c2cc(F)c(Br)cc21. The number of fused-ring (bicyclic) bond motifs is 1. The molecule has 0 bridgehead atoms. The summed E-state index contributed by atoms with van der Waals surface area (Å²) in [7, 11) is 0. The van der Waals surface area contributed by atoms with Crippen LogP contribution in [-0.2, 0) is 17.9 Å². The van der Waals surface area contributed by atoms with Crippen LogP contribution in [0.3, 0.4) is 0 Å². The number of nitrogens with zero attached hydrogens (tertiary/aromatic N) is 2. The fourth-order valence-electron chi connectivity index (χ4n) is 2.56. The van der Waals surface area contributed by atoms with E-state index < -0.39 is 34.1 Å². The Labute approximate surface area is 169 Å². The third-order valence-corrected chi connectivity index (χ3v) is 5.77. The molecule has 0 amide bonds. The van der Waals surface area contributed by atoms with Crippen molar-refractivity contribution >= 4 is 43.9 Å². The Hall–Kier alpha value is -0.990. The minimum atomic E-state index is -2.93. The lowest BCUT2D eigenvalue weighted by Gasteiger charge is -2.20. The monoisotopic (exact) mass is 464 g/mol. The standard InChI is InChI=1S/C19H24BrF3N2OS/c1-18(2,3)10-25-9-12(11-7-14(21)13(20)8-15(11)25)16(17(22)23)24-27(26)19(4,5)6/h7-9,17H,10H2,1-6H3. The molecule has 0 aliphatic carbocycles. The minimum Gasteiger partial charge on any atom is -0.591 e. The average Bonchev–Trinajstić information content (AvgIpc) is 2.79. The number of hydrogen-bond donors (Lipinski definition) is 0. The van der Waals surface area contributed by atoms with E-state index in [1.807, 2.05) is 25.3 Å². The lowest BCUT2D eigenvalue weighted by Crippen LogP contribution is -2.28. The lowest BCUT2D eigenvalue weighted by molar-refractivity contribution is 0.226.